The third-order valence-corrected chi connectivity index (χ3v) is 3.99. The van der Waals surface area contributed by atoms with Gasteiger partial charge in [-0.15, -0.1) is 0 Å². The summed E-state index contributed by atoms with van der Waals surface area (Å²) in [6.07, 6.45) is 3.69. The Kier molecular flexibility index (Phi) is 3.90. The number of hydrogen-bond acceptors (Lipinski definition) is 3. The Morgan fingerprint density at radius 1 is 1.24 bits per heavy atom. The van der Waals surface area contributed by atoms with Gasteiger partial charge in [-0.05, 0) is 41.1 Å². The molecule has 1 unspecified atom stereocenters. The molecule has 0 amide bonds. The zero-order valence-corrected chi connectivity index (χ0v) is 13.2. The molecule has 108 valence electrons. The molecule has 0 aliphatic carbocycles. The fourth-order valence-electron chi connectivity index (χ4n) is 2.30. The quantitative estimate of drug-likeness (QED) is 0.790. The second kappa shape index (κ2) is 5.83. The zero-order chi connectivity index (χ0) is 14.8. The van der Waals surface area contributed by atoms with Gasteiger partial charge in [0.2, 0.25) is 0 Å². The average molecular weight is 346 g/mol. The summed E-state index contributed by atoms with van der Waals surface area (Å²) < 4.78 is 4.62. The second-order valence-electron chi connectivity index (χ2n) is 4.69. The van der Waals surface area contributed by atoms with Crippen molar-refractivity contribution in [3.05, 3.63) is 64.7 Å². The lowest BCUT2D eigenvalue weighted by molar-refractivity contribution is 0.592. The smallest absolute Gasteiger partial charge is 0.0927 e. The van der Waals surface area contributed by atoms with E-state index in [1.54, 1.807) is 6.20 Å². The summed E-state index contributed by atoms with van der Waals surface area (Å²) in [7, 11) is 0. The average Bonchev–Trinajstić information content (AvgIpc) is 3.14. The van der Waals surface area contributed by atoms with E-state index in [-0.39, 0.29) is 6.04 Å². The zero-order valence-electron chi connectivity index (χ0n) is 11.6. The maximum absolute atomic E-state index is 6.36. The van der Waals surface area contributed by atoms with E-state index in [9.17, 15) is 0 Å². The molecule has 0 radical (unpaired) electrons. The Morgan fingerprint density at radius 2 is 2.00 bits per heavy atom. The fourth-order valence-corrected chi connectivity index (χ4v) is 2.84. The highest BCUT2D eigenvalue weighted by atomic mass is 79.9. The number of rotatable bonds is 4. The van der Waals surface area contributed by atoms with E-state index >= 15 is 0 Å². The molecule has 1 aromatic carbocycles. The topological polar surface area (TPSA) is 61.7 Å². The number of halogens is 1. The second-order valence-corrected chi connectivity index (χ2v) is 5.55. The third-order valence-electron chi connectivity index (χ3n) is 3.38. The summed E-state index contributed by atoms with van der Waals surface area (Å²) in [5.41, 5.74) is 9.13. The van der Waals surface area contributed by atoms with E-state index in [0.29, 0.717) is 0 Å². The van der Waals surface area contributed by atoms with Crippen molar-refractivity contribution >= 4 is 15.9 Å². The monoisotopic (exact) mass is 345 g/mol. The molecule has 5 nitrogen and oxygen atoms in total. The van der Waals surface area contributed by atoms with Crippen LogP contribution in [-0.2, 0) is 6.54 Å². The van der Waals surface area contributed by atoms with Gasteiger partial charge in [-0.25, -0.2) is 4.68 Å². The highest BCUT2D eigenvalue weighted by Crippen LogP contribution is 2.26. The minimum atomic E-state index is -0.313. The lowest BCUT2D eigenvalue weighted by Crippen LogP contribution is -2.18. The molecule has 3 aromatic rings. The molecule has 2 aromatic heterocycles. The SMILES string of the molecule is CCn1ncc(Br)c1C(N)c1ccn(-c2ccccc2)n1. The largest absolute Gasteiger partial charge is 0.318 e. The molecule has 2 heterocycles. The van der Waals surface area contributed by atoms with Crippen LogP contribution < -0.4 is 5.73 Å². The van der Waals surface area contributed by atoms with Crippen LogP contribution in [0.4, 0.5) is 0 Å². The predicted octanol–water partition coefficient (Wildman–Crippen LogP) is 2.90. The Labute approximate surface area is 131 Å². The normalized spacial score (nSPS) is 12.5. The molecule has 0 aliphatic rings. The number of benzene rings is 1. The molecule has 2 N–H and O–H groups in total. The number of nitrogens with zero attached hydrogens (tertiary/aromatic N) is 4. The Morgan fingerprint density at radius 3 is 2.71 bits per heavy atom. The van der Waals surface area contributed by atoms with Crippen molar-refractivity contribution in [1.29, 1.82) is 0 Å². The molecular formula is C15H16BrN5. The maximum Gasteiger partial charge on any atom is 0.0927 e. The first-order chi connectivity index (χ1) is 10.2. The van der Waals surface area contributed by atoms with E-state index in [4.69, 9.17) is 5.73 Å². The lowest BCUT2D eigenvalue weighted by atomic mass is 10.1. The molecule has 0 saturated heterocycles. The van der Waals surface area contributed by atoms with Gasteiger partial charge in [-0.2, -0.15) is 10.2 Å². The number of para-hydroxylation sites is 1. The van der Waals surface area contributed by atoms with E-state index < -0.39 is 0 Å². The lowest BCUT2D eigenvalue weighted by Gasteiger charge is -2.12. The molecule has 0 fully saturated rings. The molecule has 1 atom stereocenters. The van der Waals surface area contributed by atoms with Crippen molar-refractivity contribution in [2.75, 3.05) is 0 Å². The van der Waals surface area contributed by atoms with Gasteiger partial charge in [0.1, 0.15) is 0 Å². The highest BCUT2D eigenvalue weighted by Gasteiger charge is 2.20. The first kappa shape index (κ1) is 14.0. The van der Waals surface area contributed by atoms with Crippen molar-refractivity contribution in [2.45, 2.75) is 19.5 Å². The van der Waals surface area contributed by atoms with Crippen LogP contribution in [0, 0.1) is 0 Å². The van der Waals surface area contributed by atoms with Crippen LogP contribution in [0.3, 0.4) is 0 Å². The van der Waals surface area contributed by atoms with Gasteiger partial charge in [0.25, 0.3) is 0 Å². The van der Waals surface area contributed by atoms with Crippen LogP contribution in [0.25, 0.3) is 5.69 Å². The highest BCUT2D eigenvalue weighted by molar-refractivity contribution is 9.10. The third kappa shape index (κ3) is 2.64. The minimum absolute atomic E-state index is 0.313. The standard InChI is InChI=1S/C15H16BrN5/c1-2-20-15(12(16)10-18-20)14(17)13-8-9-21(19-13)11-6-4-3-5-7-11/h3-10,14H,2,17H2,1H3. The Bertz CT molecular complexity index is 732. The molecule has 0 aliphatic heterocycles. The van der Waals surface area contributed by atoms with Crippen LogP contribution >= 0.6 is 15.9 Å². The van der Waals surface area contributed by atoms with Gasteiger partial charge >= 0.3 is 0 Å². The summed E-state index contributed by atoms with van der Waals surface area (Å²) in [6.45, 7) is 2.81. The maximum atomic E-state index is 6.36. The van der Waals surface area contributed by atoms with Crippen molar-refractivity contribution in [1.82, 2.24) is 19.6 Å². The van der Waals surface area contributed by atoms with E-state index in [1.807, 2.05) is 58.9 Å². The molecule has 0 spiro atoms. The summed E-state index contributed by atoms with van der Waals surface area (Å²) in [4.78, 5) is 0. The Hall–Kier alpha value is -1.92. The fraction of sp³-hybridized carbons (Fsp3) is 0.200. The minimum Gasteiger partial charge on any atom is -0.318 e. The van der Waals surface area contributed by atoms with Crippen molar-refractivity contribution < 1.29 is 0 Å². The van der Waals surface area contributed by atoms with Gasteiger partial charge in [0.15, 0.2) is 0 Å². The molecule has 21 heavy (non-hydrogen) atoms. The summed E-state index contributed by atoms with van der Waals surface area (Å²) in [6, 6.07) is 11.6. The number of aromatic nitrogens is 4. The number of nitrogens with two attached hydrogens (primary N) is 1. The molecule has 0 saturated carbocycles. The summed E-state index contributed by atoms with van der Waals surface area (Å²) in [5, 5.41) is 8.88. The van der Waals surface area contributed by atoms with Gasteiger partial charge in [0.05, 0.1) is 33.8 Å². The first-order valence-electron chi connectivity index (χ1n) is 6.78. The van der Waals surface area contributed by atoms with Gasteiger partial charge in [-0.3, -0.25) is 4.68 Å². The van der Waals surface area contributed by atoms with Crippen molar-refractivity contribution in [3.8, 4) is 5.69 Å². The van der Waals surface area contributed by atoms with Crippen LogP contribution in [0.5, 0.6) is 0 Å². The summed E-state index contributed by atoms with van der Waals surface area (Å²) >= 11 is 3.51. The summed E-state index contributed by atoms with van der Waals surface area (Å²) in [5.74, 6) is 0. The van der Waals surface area contributed by atoms with Crippen LogP contribution in [0.2, 0.25) is 0 Å². The molecular weight excluding hydrogens is 330 g/mol. The van der Waals surface area contributed by atoms with Crippen molar-refractivity contribution in [3.63, 3.8) is 0 Å². The van der Waals surface area contributed by atoms with Gasteiger partial charge < -0.3 is 5.73 Å². The van der Waals surface area contributed by atoms with Crippen LogP contribution in [0.15, 0.2) is 53.3 Å². The number of aryl methyl sites for hydroxylation is 1. The van der Waals surface area contributed by atoms with E-state index in [1.165, 1.54) is 0 Å². The van der Waals surface area contributed by atoms with Crippen LogP contribution in [0.1, 0.15) is 24.4 Å². The Balaban J connectivity index is 1.94. The molecule has 0 bridgehead atoms. The van der Waals surface area contributed by atoms with Crippen LogP contribution in [-0.4, -0.2) is 19.6 Å². The molecule has 3 rings (SSSR count). The molecule has 6 heteroatoms. The van der Waals surface area contributed by atoms with Gasteiger partial charge in [-0.1, -0.05) is 18.2 Å². The van der Waals surface area contributed by atoms with E-state index in [2.05, 4.69) is 26.1 Å². The number of hydrogen-bond donors (Lipinski definition) is 1. The first-order valence-corrected chi connectivity index (χ1v) is 7.57. The van der Waals surface area contributed by atoms with Gasteiger partial charge in [0, 0.05) is 12.7 Å². The van der Waals surface area contributed by atoms with E-state index in [0.717, 1.165) is 28.1 Å². The predicted molar refractivity (Wildman–Crippen MR) is 85.2 cm³/mol. The van der Waals surface area contributed by atoms with Crippen molar-refractivity contribution in [2.24, 2.45) is 5.73 Å².